The molecule has 1 rings (SSSR count). The first-order valence-electron chi connectivity index (χ1n) is 5.11. The van der Waals surface area contributed by atoms with Crippen LogP contribution in [0.5, 0.6) is 5.75 Å². The van der Waals surface area contributed by atoms with Crippen LogP contribution >= 0.6 is 0 Å². The maximum atomic E-state index is 10.8. The Bertz CT molecular complexity index is 377. The summed E-state index contributed by atoms with van der Waals surface area (Å²) in [5.41, 5.74) is 0.720. The van der Waals surface area contributed by atoms with Crippen molar-refractivity contribution >= 4 is 11.4 Å². The van der Waals surface area contributed by atoms with Crippen molar-refractivity contribution in [3.05, 3.63) is 28.3 Å². The van der Waals surface area contributed by atoms with Crippen LogP contribution in [0.25, 0.3) is 0 Å². The Kier molecular flexibility index (Phi) is 4.10. The zero-order valence-corrected chi connectivity index (χ0v) is 9.69. The van der Waals surface area contributed by atoms with E-state index in [1.54, 1.807) is 12.1 Å². The third kappa shape index (κ3) is 3.12. The third-order valence-electron chi connectivity index (χ3n) is 2.09. The molecule has 1 N–H and O–H groups in total. The van der Waals surface area contributed by atoms with Gasteiger partial charge in [-0.05, 0) is 18.1 Å². The second-order valence-electron chi connectivity index (χ2n) is 3.92. The van der Waals surface area contributed by atoms with Crippen LogP contribution in [-0.2, 0) is 0 Å². The summed E-state index contributed by atoms with van der Waals surface area (Å²) in [4.78, 5) is 10.3. The van der Waals surface area contributed by atoms with Crippen LogP contribution in [-0.4, -0.2) is 18.6 Å². The number of methoxy groups -OCH3 is 1. The molecule has 0 fully saturated rings. The number of nitro benzene ring substituents is 1. The highest BCUT2D eigenvalue weighted by atomic mass is 16.6. The van der Waals surface area contributed by atoms with Gasteiger partial charge in [0.15, 0.2) is 5.75 Å². The molecule has 0 atom stereocenters. The van der Waals surface area contributed by atoms with Crippen LogP contribution in [0.3, 0.4) is 0 Å². The molecule has 0 saturated heterocycles. The number of anilines is 1. The number of nitro groups is 1. The van der Waals surface area contributed by atoms with Gasteiger partial charge in [-0.1, -0.05) is 13.8 Å². The van der Waals surface area contributed by atoms with Crippen LogP contribution in [0, 0.1) is 16.0 Å². The lowest BCUT2D eigenvalue weighted by atomic mass is 10.2. The molecule has 0 heterocycles. The summed E-state index contributed by atoms with van der Waals surface area (Å²) in [6.45, 7) is 4.93. The normalized spacial score (nSPS) is 10.2. The van der Waals surface area contributed by atoms with Gasteiger partial charge >= 0.3 is 5.69 Å². The van der Waals surface area contributed by atoms with E-state index in [2.05, 4.69) is 19.2 Å². The number of hydrogen-bond donors (Lipinski definition) is 1. The van der Waals surface area contributed by atoms with Crippen molar-refractivity contribution < 1.29 is 9.66 Å². The standard InChI is InChI=1S/C11H16N2O3/c1-8(2)7-12-9-4-5-11(16-3)10(6-9)13(14)15/h4-6,8,12H,7H2,1-3H3. The van der Waals surface area contributed by atoms with Gasteiger partial charge in [-0.3, -0.25) is 10.1 Å². The van der Waals surface area contributed by atoms with Gasteiger partial charge in [-0.15, -0.1) is 0 Å². The molecular formula is C11H16N2O3. The minimum absolute atomic E-state index is 0.0174. The number of benzene rings is 1. The molecule has 5 heteroatoms. The highest BCUT2D eigenvalue weighted by molar-refractivity contribution is 5.58. The molecule has 0 aromatic heterocycles. The van der Waals surface area contributed by atoms with Gasteiger partial charge in [0.05, 0.1) is 12.0 Å². The van der Waals surface area contributed by atoms with E-state index in [1.165, 1.54) is 13.2 Å². The van der Waals surface area contributed by atoms with Crippen molar-refractivity contribution in [2.24, 2.45) is 5.92 Å². The van der Waals surface area contributed by atoms with Crippen LogP contribution in [0.1, 0.15) is 13.8 Å². The summed E-state index contributed by atoms with van der Waals surface area (Å²) in [5.74, 6) is 0.765. The molecule has 1 aromatic carbocycles. The summed E-state index contributed by atoms with van der Waals surface area (Å²) in [5, 5.41) is 13.9. The molecule has 0 saturated carbocycles. The smallest absolute Gasteiger partial charge is 0.312 e. The van der Waals surface area contributed by atoms with E-state index in [0.29, 0.717) is 5.92 Å². The predicted octanol–water partition coefficient (Wildman–Crippen LogP) is 2.67. The number of ether oxygens (including phenoxy) is 1. The first-order valence-corrected chi connectivity index (χ1v) is 5.11. The van der Waals surface area contributed by atoms with E-state index in [9.17, 15) is 10.1 Å². The minimum atomic E-state index is -0.445. The van der Waals surface area contributed by atoms with Gasteiger partial charge in [0.25, 0.3) is 0 Å². The van der Waals surface area contributed by atoms with Crippen LogP contribution in [0.4, 0.5) is 11.4 Å². The summed E-state index contributed by atoms with van der Waals surface area (Å²) < 4.78 is 4.92. The fourth-order valence-corrected chi connectivity index (χ4v) is 1.26. The molecule has 0 aliphatic carbocycles. The molecule has 5 nitrogen and oxygen atoms in total. The average molecular weight is 224 g/mol. The molecule has 0 aliphatic heterocycles. The molecule has 1 aromatic rings. The van der Waals surface area contributed by atoms with Gasteiger partial charge < -0.3 is 10.1 Å². The lowest BCUT2D eigenvalue weighted by molar-refractivity contribution is -0.385. The highest BCUT2D eigenvalue weighted by Gasteiger charge is 2.14. The Morgan fingerprint density at radius 2 is 2.19 bits per heavy atom. The van der Waals surface area contributed by atoms with E-state index < -0.39 is 4.92 Å². The number of nitrogens with zero attached hydrogens (tertiary/aromatic N) is 1. The molecule has 88 valence electrons. The van der Waals surface area contributed by atoms with Crippen molar-refractivity contribution in [2.45, 2.75) is 13.8 Å². The highest BCUT2D eigenvalue weighted by Crippen LogP contribution is 2.29. The van der Waals surface area contributed by atoms with Crippen LogP contribution < -0.4 is 10.1 Å². The molecule has 0 radical (unpaired) electrons. The quantitative estimate of drug-likeness (QED) is 0.617. The second kappa shape index (κ2) is 5.34. The largest absolute Gasteiger partial charge is 0.490 e. The Morgan fingerprint density at radius 3 is 2.69 bits per heavy atom. The van der Waals surface area contributed by atoms with Gasteiger partial charge in [0.2, 0.25) is 0 Å². The monoisotopic (exact) mass is 224 g/mol. The minimum Gasteiger partial charge on any atom is -0.490 e. The lowest BCUT2D eigenvalue weighted by Crippen LogP contribution is -2.08. The number of rotatable bonds is 5. The first kappa shape index (κ1) is 12.3. The van der Waals surface area contributed by atoms with Gasteiger partial charge in [-0.25, -0.2) is 0 Å². The van der Waals surface area contributed by atoms with E-state index in [0.717, 1.165) is 12.2 Å². The summed E-state index contributed by atoms with van der Waals surface area (Å²) in [6.07, 6.45) is 0. The third-order valence-corrected chi connectivity index (χ3v) is 2.09. The van der Waals surface area contributed by atoms with E-state index in [4.69, 9.17) is 4.74 Å². The Hall–Kier alpha value is -1.78. The molecule has 16 heavy (non-hydrogen) atoms. The maximum Gasteiger partial charge on any atom is 0.312 e. The average Bonchev–Trinajstić information content (AvgIpc) is 2.25. The van der Waals surface area contributed by atoms with E-state index >= 15 is 0 Å². The number of hydrogen-bond acceptors (Lipinski definition) is 4. The molecule has 0 spiro atoms. The fraction of sp³-hybridized carbons (Fsp3) is 0.455. The van der Waals surface area contributed by atoms with E-state index in [-0.39, 0.29) is 11.4 Å². The molecule has 0 unspecified atom stereocenters. The summed E-state index contributed by atoms with van der Waals surface area (Å²) in [6, 6.07) is 4.86. The van der Waals surface area contributed by atoms with Gasteiger partial charge in [-0.2, -0.15) is 0 Å². The van der Waals surface area contributed by atoms with Crippen LogP contribution in [0.2, 0.25) is 0 Å². The number of nitrogens with one attached hydrogen (secondary N) is 1. The Balaban J connectivity index is 2.89. The molecular weight excluding hydrogens is 208 g/mol. The second-order valence-corrected chi connectivity index (χ2v) is 3.92. The van der Waals surface area contributed by atoms with Gasteiger partial charge in [0.1, 0.15) is 0 Å². The lowest BCUT2D eigenvalue weighted by Gasteiger charge is -2.09. The predicted molar refractivity (Wildman–Crippen MR) is 63.0 cm³/mol. The van der Waals surface area contributed by atoms with Crippen LogP contribution in [0.15, 0.2) is 18.2 Å². The SMILES string of the molecule is COc1ccc(NCC(C)C)cc1[N+](=O)[O-]. The maximum absolute atomic E-state index is 10.8. The Labute approximate surface area is 94.6 Å². The van der Waals surface area contributed by atoms with Crippen molar-refractivity contribution in [3.63, 3.8) is 0 Å². The zero-order valence-electron chi connectivity index (χ0n) is 9.69. The molecule has 0 aliphatic rings. The van der Waals surface area contributed by atoms with E-state index in [1.807, 2.05) is 0 Å². The Morgan fingerprint density at radius 1 is 1.50 bits per heavy atom. The summed E-state index contributed by atoms with van der Waals surface area (Å²) in [7, 11) is 1.42. The first-order chi connectivity index (χ1) is 7.54. The fourth-order valence-electron chi connectivity index (χ4n) is 1.26. The van der Waals surface area contributed by atoms with Crippen molar-refractivity contribution in [1.82, 2.24) is 0 Å². The molecule has 0 amide bonds. The topological polar surface area (TPSA) is 64.4 Å². The summed E-state index contributed by atoms with van der Waals surface area (Å²) >= 11 is 0. The molecule has 0 bridgehead atoms. The van der Waals surface area contributed by atoms with Gasteiger partial charge in [0, 0.05) is 18.3 Å². The van der Waals surface area contributed by atoms with Crippen molar-refractivity contribution in [1.29, 1.82) is 0 Å². The zero-order chi connectivity index (χ0) is 12.1. The van der Waals surface area contributed by atoms with Crippen molar-refractivity contribution in [2.75, 3.05) is 19.0 Å². The van der Waals surface area contributed by atoms with Crippen molar-refractivity contribution in [3.8, 4) is 5.75 Å².